The molecule has 0 bridgehead atoms. The van der Waals surface area contributed by atoms with Crippen molar-refractivity contribution in [1.29, 1.82) is 0 Å². The summed E-state index contributed by atoms with van der Waals surface area (Å²) in [7, 11) is 0. The maximum Gasteiger partial charge on any atom is 0.407 e. The number of alkyl carbamates (subject to hydrolysis) is 1. The summed E-state index contributed by atoms with van der Waals surface area (Å²) in [4.78, 5) is 28.3. The van der Waals surface area contributed by atoms with Gasteiger partial charge in [0.05, 0.1) is 6.61 Å². The predicted molar refractivity (Wildman–Crippen MR) is 196 cm³/mol. The molecule has 1 heterocycles. The first kappa shape index (κ1) is 43.0. The number of carbonyl (C=O) groups excluding carboxylic acids is 2. The fourth-order valence-electron chi connectivity index (χ4n) is 6.67. The fraction of sp³-hybridized carbons (Fsp3) is 0.800. The van der Waals surface area contributed by atoms with Crippen LogP contribution < -0.4 is 5.32 Å². The molecule has 2 rings (SSSR count). The van der Waals surface area contributed by atoms with E-state index in [0.717, 1.165) is 50.5 Å². The summed E-state index contributed by atoms with van der Waals surface area (Å²) in [5.74, 6) is -0.110. The molecule has 1 saturated heterocycles. The van der Waals surface area contributed by atoms with E-state index in [0.29, 0.717) is 13.0 Å². The van der Waals surface area contributed by atoms with E-state index < -0.39 is 43.3 Å². The number of nitrogens with zero attached hydrogens (tertiary/aromatic N) is 1. The Hall–Kier alpha value is -2.20. The van der Waals surface area contributed by atoms with Crippen LogP contribution in [0.25, 0.3) is 0 Å². The Morgan fingerprint density at radius 3 is 1.71 bits per heavy atom. The third kappa shape index (κ3) is 18.0. The first-order chi connectivity index (χ1) is 23.9. The molecule has 0 aliphatic carbocycles. The number of rotatable bonds is 28. The van der Waals surface area contributed by atoms with Crippen LogP contribution in [0.2, 0.25) is 0 Å². The number of ether oxygens (including phenoxy) is 2. The second-order valence-electron chi connectivity index (χ2n) is 14.0. The highest BCUT2D eigenvalue weighted by molar-refractivity contribution is 5.76. The summed E-state index contributed by atoms with van der Waals surface area (Å²) in [6.45, 7) is 4.37. The Kier molecular flexibility index (Phi) is 24.1. The van der Waals surface area contributed by atoms with Gasteiger partial charge in [-0.25, -0.2) is 4.79 Å². The van der Waals surface area contributed by atoms with Gasteiger partial charge in [-0.1, -0.05) is 166 Å². The van der Waals surface area contributed by atoms with Crippen LogP contribution >= 0.6 is 0 Å². The quantitative estimate of drug-likeness (QED) is 0.0653. The van der Waals surface area contributed by atoms with E-state index in [1.165, 1.54) is 89.9 Å². The third-order valence-electron chi connectivity index (χ3n) is 9.77. The molecule has 0 radical (unpaired) electrons. The predicted octanol–water partition coefficient (Wildman–Crippen LogP) is 8.17. The molecule has 4 N–H and O–H groups in total. The average Bonchev–Trinajstić information content (AvgIpc) is 3.11. The number of amides is 2. The van der Waals surface area contributed by atoms with Crippen molar-refractivity contribution in [1.82, 2.24) is 10.2 Å². The van der Waals surface area contributed by atoms with Crippen molar-refractivity contribution in [2.24, 2.45) is 0 Å². The maximum absolute atomic E-state index is 13.8. The van der Waals surface area contributed by atoms with E-state index in [-0.39, 0.29) is 12.5 Å². The van der Waals surface area contributed by atoms with Crippen LogP contribution in [-0.4, -0.2) is 76.0 Å². The van der Waals surface area contributed by atoms with Crippen LogP contribution in [0.5, 0.6) is 0 Å². The molecule has 1 fully saturated rings. The van der Waals surface area contributed by atoms with Crippen LogP contribution in [0, 0.1) is 0 Å². The second-order valence-corrected chi connectivity index (χ2v) is 14.0. The van der Waals surface area contributed by atoms with Crippen molar-refractivity contribution in [3.63, 3.8) is 0 Å². The van der Waals surface area contributed by atoms with Gasteiger partial charge < -0.3 is 35.0 Å². The lowest BCUT2D eigenvalue weighted by Gasteiger charge is -2.46. The van der Waals surface area contributed by atoms with Crippen molar-refractivity contribution < 1.29 is 34.4 Å². The molecule has 9 nitrogen and oxygen atoms in total. The van der Waals surface area contributed by atoms with Crippen LogP contribution in [-0.2, 0) is 20.9 Å². The molecule has 5 atom stereocenters. The van der Waals surface area contributed by atoms with Gasteiger partial charge in [0, 0.05) is 13.0 Å². The number of aliphatic hydroxyl groups excluding tert-OH is 3. The Balaban J connectivity index is 1.99. The van der Waals surface area contributed by atoms with Gasteiger partial charge in [-0.3, -0.25) is 4.79 Å². The highest BCUT2D eigenvalue weighted by Crippen LogP contribution is 2.26. The number of nitrogens with one attached hydrogen (secondary N) is 1. The monoisotopic (exact) mass is 691 g/mol. The summed E-state index contributed by atoms with van der Waals surface area (Å²) >= 11 is 0. The Labute approximate surface area is 297 Å². The van der Waals surface area contributed by atoms with Crippen LogP contribution in [0.15, 0.2) is 30.3 Å². The minimum absolute atomic E-state index is 0.0307. The summed E-state index contributed by atoms with van der Waals surface area (Å²) in [6, 6.07) is 8.12. The van der Waals surface area contributed by atoms with Gasteiger partial charge in [0.2, 0.25) is 5.91 Å². The van der Waals surface area contributed by atoms with Gasteiger partial charge in [0.15, 0.2) is 6.23 Å². The largest absolute Gasteiger partial charge is 0.445 e. The van der Waals surface area contributed by atoms with Gasteiger partial charge in [0.1, 0.15) is 31.0 Å². The van der Waals surface area contributed by atoms with Gasteiger partial charge in [-0.05, 0) is 18.4 Å². The minimum Gasteiger partial charge on any atom is -0.445 e. The SMILES string of the molecule is CCCCCCCCCCCCCCN(C(=O)CCCCCCCCCCC)[C@@H]1O[C@H](CO)[C@@H](O)[C@H](O)[C@H]1NC(=O)OCc1ccccc1. The van der Waals surface area contributed by atoms with Crippen LogP contribution in [0.3, 0.4) is 0 Å². The molecule has 1 aliphatic heterocycles. The van der Waals surface area contributed by atoms with Gasteiger partial charge in [-0.15, -0.1) is 0 Å². The zero-order valence-corrected chi connectivity index (χ0v) is 30.9. The van der Waals surface area contributed by atoms with E-state index in [1.54, 1.807) is 4.90 Å². The van der Waals surface area contributed by atoms with Gasteiger partial charge in [0.25, 0.3) is 0 Å². The first-order valence-corrected chi connectivity index (χ1v) is 19.8. The lowest BCUT2D eigenvalue weighted by atomic mass is 9.95. The number of benzene rings is 1. The topological polar surface area (TPSA) is 129 Å². The molecule has 1 aromatic carbocycles. The molecular formula is C40H70N2O7. The number of aliphatic hydroxyl groups is 3. The molecule has 1 aromatic rings. The molecule has 2 amide bonds. The summed E-state index contributed by atoms with van der Waals surface area (Å²) in [5.41, 5.74) is 0.805. The van der Waals surface area contributed by atoms with E-state index >= 15 is 0 Å². The molecule has 1 aliphatic rings. The maximum atomic E-state index is 13.8. The summed E-state index contributed by atoms with van der Waals surface area (Å²) < 4.78 is 11.5. The second kappa shape index (κ2) is 27.5. The normalized spacial score (nSPS) is 20.6. The summed E-state index contributed by atoms with van der Waals surface area (Å²) in [6.07, 6.45) is 19.1. The Bertz CT molecular complexity index is 965. The lowest BCUT2D eigenvalue weighted by molar-refractivity contribution is -0.230. The van der Waals surface area contributed by atoms with E-state index in [9.17, 15) is 24.9 Å². The van der Waals surface area contributed by atoms with Crippen molar-refractivity contribution in [2.75, 3.05) is 13.2 Å². The zero-order valence-electron chi connectivity index (χ0n) is 30.9. The molecule has 0 saturated carbocycles. The van der Waals surface area contributed by atoms with Crippen molar-refractivity contribution in [3.05, 3.63) is 35.9 Å². The smallest absolute Gasteiger partial charge is 0.407 e. The highest BCUT2D eigenvalue weighted by atomic mass is 16.6. The third-order valence-corrected chi connectivity index (χ3v) is 9.77. The average molecular weight is 691 g/mol. The molecular weight excluding hydrogens is 620 g/mol. The minimum atomic E-state index is -1.47. The van der Waals surface area contributed by atoms with Gasteiger partial charge >= 0.3 is 6.09 Å². The lowest BCUT2D eigenvalue weighted by Crippen LogP contribution is -2.68. The van der Waals surface area contributed by atoms with E-state index in [4.69, 9.17) is 9.47 Å². The summed E-state index contributed by atoms with van der Waals surface area (Å²) in [5, 5.41) is 34.5. The Morgan fingerprint density at radius 1 is 0.714 bits per heavy atom. The van der Waals surface area contributed by atoms with Crippen LogP contribution in [0.4, 0.5) is 4.79 Å². The highest BCUT2D eigenvalue weighted by Gasteiger charge is 2.48. The van der Waals surface area contributed by atoms with Crippen molar-refractivity contribution in [3.8, 4) is 0 Å². The molecule has 0 unspecified atom stereocenters. The number of carbonyl (C=O) groups is 2. The standard InChI is InChI=1S/C40H70N2O7/c1-3-5-7-9-11-13-14-15-17-19-21-26-30-42(35(44)29-25-20-18-16-12-10-8-6-4-2)39-36(38(46)37(45)34(31-43)49-39)41-40(47)48-32-33-27-23-22-24-28-33/h22-24,27-28,34,36-39,43,45-46H,3-21,25-26,29-32H2,1-2H3,(H,41,47)/t34-,36-,37-,38-,39-/m1/s1. The van der Waals surface area contributed by atoms with Crippen molar-refractivity contribution >= 4 is 12.0 Å². The first-order valence-electron chi connectivity index (χ1n) is 19.8. The number of hydrogen-bond acceptors (Lipinski definition) is 7. The molecule has 282 valence electrons. The van der Waals surface area contributed by atoms with Crippen LogP contribution in [0.1, 0.15) is 161 Å². The van der Waals surface area contributed by atoms with E-state index in [2.05, 4.69) is 19.2 Å². The molecule has 0 aromatic heterocycles. The van der Waals surface area contributed by atoms with E-state index in [1.807, 2.05) is 30.3 Å². The van der Waals surface area contributed by atoms with Crippen molar-refractivity contribution in [2.45, 2.75) is 192 Å². The zero-order chi connectivity index (χ0) is 35.5. The molecule has 49 heavy (non-hydrogen) atoms. The fourth-order valence-corrected chi connectivity index (χ4v) is 6.67. The molecule has 9 heteroatoms. The molecule has 0 spiro atoms. The number of unbranched alkanes of at least 4 members (excludes halogenated alkanes) is 19. The Morgan fingerprint density at radius 2 is 1.20 bits per heavy atom. The number of hydrogen-bond donors (Lipinski definition) is 4. The van der Waals surface area contributed by atoms with Gasteiger partial charge in [-0.2, -0.15) is 0 Å².